The second-order valence-electron chi connectivity index (χ2n) is 6.23. The first-order valence-electron chi connectivity index (χ1n) is 8.28. The lowest BCUT2D eigenvalue weighted by atomic mass is 10.0. The molecule has 0 atom stereocenters. The van der Waals surface area contributed by atoms with Crippen LogP contribution in [-0.4, -0.2) is 28.3 Å². The van der Waals surface area contributed by atoms with Gasteiger partial charge in [0, 0.05) is 54.2 Å². The number of esters is 1. The highest BCUT2D eigenvalue weighted by molar-refractivity contribution is 5.95. The molecule has 0 saturated carbocycles. The van der Waals surface area contributed by atoms with E-state index in [4.69, 9.17) is 4.74 Å². The van der Waals surface area contributed by atoms with Gasteiger partial charge in [-0.15, -0.1) is 0 Å². The van der Waals surface area contributed by atoms with E-state index >= 15 is 0 Å². The summed E-state index contributed by atoms with van der Waals surface area (Å²) >= 11 is 0. The molecule has 5 heteroatoms. The van der Waals surface area contributed by atoms with Crippen molar-refractivity contribution in [2.24, 2.45) is 0 Å². The number of nitrogens with zero attached hydrogens (tertiary/aromatic N) is 1. The molecule has 3 aromatic rings. The Morgan fingerprint density at radius 1 is 1.12 bits per heavy atom. The molecule has 0 radical (unpaired) electrons. The second-order valence-corrected chi connectivity index (χ2v) is 6.23. The Kier molecular flexibility index (Phi) is 3.76. The van der Waals surface area contributed by atoms with E-state index in [1.807, 2.05) is 17.0 Å². The van der Waals surface area contributed by atoms with Crippen LogP contribution in [0.3, 0.4) is 0 Å². The summed E-state index contributed by atoms with van der Waals surface area (Å²) in [5, 5.41) is 1.17. The van der Waals surface area contributed by atoms with Crippen molar-refractivity contribution in [1.82, 2.24) is 9.88 Å². The molecule has 0 fully saturated rings. The molecular formula is C20H18N2O3. The van der Waals surface area contributed by atoms with Gasteiger partial charge < -0.3 is 14.6 Å². The van der Waals surface area contributed by atoms with Gasteiger partial charge in [0.2, 0.25) is 0 Å². The van der Waals surface area contributed by atoms with Gasteiger partial charge in [-0.25, -0.2) is 0 Å². The fourth-order valence-electron chi connectivity index (χ4n) is 3.38. The van der Waals surface area contributed by atoms with Gasteiger partial charge >= 0.3 is 5.97 Å². The predicted molar refractivity (Wildman–Crippen MR) is 94.5 cm³/mol. The molecule has 2 heterocycles. The summed E-state index contributed by atoms with van der Waals surface area (Å²) in [6.45, 7) is 2.59. The van der Waals surface area contributed by atoms with Gasteiger partial charge in [0.1, 0.15) is 5.75 Å². The number of nitrogens with one attached hydrogen (secondary N) is 1. The first kappa shape index (κ1) is 15.4. The van der Waals surface area contributed by atoms with Gasteiger partial charge in [0.15, 0.2) is 0 Å². The minimum Gasteiger partial charge on any atom is -0.427 e. The fourth-order valence-corrected chi connectivity index (χ4v) is 3.38. The van der Waals surface area contributed by atoms with Crippen LogP contribution in [0.25, 0.3) is 10.9 Å². The Hall–Kier alpha value is -3.08. The molecule has 1 N–H and O–H groups in total. The zero-order chi connectivity index (χ0) is 17.4. The minimum absolute atomic E-state index is 0.0510. The largest absolute Gasteiger partial charge is 0.427 e. The minimum atomic E-state index is -0.397. The summed E-state index contributed by atoms with van der Waals surface area (Å²) < 4.78 is 5.08. The first-order valence-corrected chi connectivity index (χ1v) is 8.28. The number of ether oxygens (including phenoxy) is 1. The standard InChI is InChI=1S/C20H18N2O3/c1-13(23)25-15-6-4-5-14(11-15)20(24)22-10-9-19-17(12-22)16-7-2-3-8-18(16)21-19/h2-8,11,21H,9-10,12H2,1H3. The number of carbonyl (C=O) groups excluding carboxylic acids is 2. The van der Waals surface area contributed by atoms with Crippen molar-refractivity contribution < 1.29 is 14.3 Å². The van der Waals surface area contributed by atoms with Crippen LogP contribution in [-0.2, 0) is 17.8 Å². The highest BCUT2D eigenvalue weighted by Crippen LogP contribution is 2.28. The Morgan fingerprint density at radius 3 is 2.80 bits per heavy atom. The number of para-hydroxylation sites is 1. The van der Waals surface area contributed by atoms with Crippen molar-refractivity contribution in [2.75, 3.05) is 6.54 Å². The first-order chi connectivity index (χ1) is 12.1. The third kappa shape index (κ3) is 2.89. The van der Waals surface area contributed by atoms with Gasteiger partial charge in [-0.3, -0.25) is 9.59 Å². The molecule has 0 unspecified atom stereocenters. The molecule has 2 aromatic carbocycles. The number of hydrogen-bond donors (Lipinski definition) is 1. The van der Waals surface area contributed by atoms with Crippen molar-refractivity contribution in [3.05, 3.63) is 65.4 Å². The normalized spacial score (nSPS) is 13.6. The predicted octanol–water partition coefficient (Wildman–Crippen LogP) is 3.29. The van der Waals surface area contributed by atoms with E-state index in [-0.39, 0.29) is 5.91 Å². The van der Waals surface area contributed by atoms with Crippen molar-refractivity contribution >= 4 is 22.8 Å². The second kappa shape index (κ2) is 6.09. The van der Waals surface area contributed by atoms with Gasteiger partial charge in [-0.05, 0) is 24.3 Å². The Bertz CT molecular complexity index is 974. The lowest BCUT2D eigenvalue weighted by Gasteiger charge is -2.27. The van der Waals surface area contributed by atoms with Gasteiger partial charge in [-0.2, -0.15) is 0 Å². The van der Waals surface area contributed by atoms with Crippen molar-refractivity contribution in [3.8, 4) is 5.75 Å². The van der Waals surface area contributed by atoms with Gasteiger partial charge in [-0.1, -0.05) is 24.3 Å². The van der Waals surface area contributed by atoms with E-state index in [0.717, 1.165) is 11.9 Å². The number of amides is 1. The highest BCUT2D eigenvalue weighted by atomic mass is 16.5. The van der Waals surface area contributed by atoms with Crippen LogP contribution in [0, 0.1) is 0 Å². The summed E-state index contributed by atoms with van der Waals surface area (Å²) in [5.74, 6) is -0.0564. The third-order valence-electron chi connectivity index (χ3n) is 4.51. The van der Waals surface area contributed by atoms with Crippen LogP contribution in [0.5, 0.6) is 5.75 Å². The molecule has 1 aliphatic heterocycles. The maximum Gasteiger partial charge on any atom is 0.308 e. The maximum atomic E-state index is 12.9. The summed E-state index contributed by atoms with van der Waals surface area (Å²) in [5.41, 5.74) is 4.03. The van der Waals surface area contributed by atoms with E-state index in [0.29, 0.717) is 24.4 Å². The van der Waals surface area contributed by atoms with E-state index in [2.05, 4.69) is 17.1 Å². The van der Waals surface area contributed by atoms with Gasteiger partial charge in [0.25, 0.3) is 5.91 Å². The topological polar surface area (TPSA) is 62.4 Å². The summed E-state index contributed by atoms with van der Waals surface area (Å²) in [6.07, 6.45) is 0.805. The molecule has 5 nitrogen and oxygen atoms in total. The number of aromatic nitrogens is 1. The van der Waals surface area contributed by atoms with Crippen LogP contribution in [0.1, 0.15) is 28.5 Å². The van der Waals surface area contributed by atoms with E-state index < -0.39 is 5.97 Å². The van der Waals surface area contributed by atoms with E-state index in [1.54, 1.807) is 24.3 Å². The molecule has 25 heavy (non-hydrogen) atoms. The quantitative estimate of drug-likeness (QED) is 0.578. The molecule has 0 aliphatic carbocycles. The average Bonchev–Trinajstić information content (AvgIpc) is 2.98. The number of fused-ring (bicyclic) bond motifs is 3. The third-order valence-corrected chi connectivity index (χ3v) is 4.51. The fraction of sp³-hybridized carbons (Fsp3) is 0.200. The van der Waals surface area contributed by atoms with Gasteiger partial charge in [0.05, 0.1) is 0 Å². The average molecular weight is 334 g/mol. The molecule has 1 amide bonds. The SMILES string of the molecule is CC(=O)Oc1cccc(C(=O)N2CCc3[nH]c4ccccc4c3C2)c1. The van der Waals surface area contributed by atoms with Crippen molar-refractivity contribution in [3.63, 3.8) is 0 Å². The molecule has 4 rings (SSSR count). The van der Waals surface area contributed by atoms with E-state index in [9.17, 15) is 9.59 Å². The molecule has 126 valence electrons. The molecule has 0 saturated heterocycles. The molecule has 1 aliphatic rings. The van der Waals surface area contributed by atoms with E-state index in [1.165, 1.54) is 23.6 Å². The molecule has 1 aromatic heterocycles. The molecule has 0 bridgehead atoms. The Balaban J connectivity index is 1.61. The molecular weight excluding hydrogens is 316 g/mol. The van der Waals surface area contributed by atoms with Crippen LogP contribution in [0.4, 0.5) is 0 Å². The summed E-state index contributed by atoms with van der Waals surface area (Å²) in [7, 11) is 0. The van der Waals surface area contributed by atoms with Crippen LogP contribution in [0.2, 0.25) is 0 Å². The van der Waals surface area contributed by atoms with Crippen molar-refractivity contribution in [2.45, 2.75) is 19.9 Å². The maximum absolute atomic E-state index is 12.9. The van der Waals surface area contributed by atoms with Crippen LogP contribution in [0.15, 0.2) is 48.5 Å². The number of benzene rings is 2. The highest BCUT2D eigenvalue weighted by Gasteiger charge is 2.24. The van der Waals surface area contributed by atoms with Crippen LogP contribution >= 0.6 is 0 Å². The zero-order valence-electron chi connectivity index (χ0n) is 13.9. The monoisotopic (exact) mass is 334 g/mol. The summed E-state index contributed by atoms with van der Waals surface area (Å²) in [4.78, 5) is 29.3. The Morgan fingerprint density at radius 2 is 1.96 bits per heavy atom. The number of carbonyl (C=O) groups is 2. The summed E-state index contributed by atoms with van der Waals surface area (Å²) in [6, 6.07) is 14.9. The number of rotatable bonds is 2. The van der Waals surface area contributed by atoms with Crippen LogP contribution < -0.4 is 4.74 Å². The lowest BCUT2D eigenvalue weighted by molar-refractivity contribution is -0.131. The number of aromatic amines is 1. The zero-order valence-corrected chi connectivity index (χ0v) is 13.9. The smallest absolute Gasteiger partial charge is 0.308 e. The van der Waals surface area contributed by atoms with Crippen molar-refractivity contribution in [1.29, 1.82) is 0 Å². The number of hydrogen-bond acceptors (Lipinski definition) is 3. The Labute approximate surface area is 145 Å². The number of H-pyrrole nitrogens is 1. The lowest BCUT2D eigenvalue weighted by Crippen LogP contribution is -2.35. The molecule has 0 spiro atoms.